The molecule has 120 valence electrons. The Bertz CT molecular complexity index is 843. The molecule has 3 aromatic heterocycles. The quantitative estimate of drug-likeness (QED) is 0.774. The SMILES string of the molecule is Cc1cc(N2CCC(O)CC2)n2nc(-c3nccn3C)cc2n1. The van der Waals surface area contributed by atoms with Gasteiger partial charge in [0.15, 0.2) is 11.5 Å². The van der Waals surface area contributed by atoms with Crippen LogP contribution in [0.3, 0.4) is 0 Å². The second kappa shape index (κ2) is 5.34. The van der Waals surface area contributed by atoms with Crippen molar-refractivity contribution in [2.75, 3.05) is 18.0 Å². The summed E-state index contributed by atoms with van der Waals surface area (Å²) >= 11 is 0. The fraction of sp³-hybridized carbons (Fsp3) is 0.438. The van der Waals surface area contributed by atoms with E-state index in [0.29, 0.717) is 0 Å². The summed E-state index contributed by atoms with van der Waals surface area (Å²) in [5.41, 5.74) is 2.60. The van der Waals surface area contributed by atoms with E-state index in [1.54, 1.807) is 6.20 Å². The Kier molecular flexibility index (Phi) is 3.30. The molecule has 1 saturated heterocycles. The number of aliphatic hydroxyl groups is 1. The fourth-order valence-electron chi connectivity index (χ4n) is 3.12. The molecule has 23 heavy (non-hydrogen) atoms. The number of fused-ring (bicyclic) bond motifs is 1. The van der Waals surface area contributed by atoms with Gasteiger partial charge in [-0.05, 0) is 19.8 Å². The number of aryl methyl sites for hydroxylation is 2. The molecule has 0 unspecified atom stereocenters. The number of piperidine rings is 1. The Balaban J connectivity index is 1.81. The lowest BCUT2D eigenvalue weighted by molar-refractivity contribution is 0.145. The van der Waals surface area contributed by atoms with Gasteiger partial charge < -0.3 is 14.6 Å². The van der Waals surface area contributed by atoms with Crippen LogP contribution in [-0.4, -0.2) is 48.4 Å². The number of imidazole rings is 1. The maximum atomic E-state index is 9.73. The van der Waals surface area contributed by atoms with Gasteiger partial charge in [0.1, 0.15) is 11.5 Å². The molecule has 0 aromatic carbocycles. The minimum absolute atomic E-state index is 0.189. The van der Waals surface area contributed by atoms with Crippen molar-refractivity contribution < 1.29 is 5.11 Å². The van der Waals surface area contributed by atoms with E-state index in [9.17, 15) is 5.11 Å². The van der Waals surface area contributed by atoms with Gasteiger partial charge in [-0.3, -0.25) is 0 Å². The number of aromatic nitrogens is 5. The third-order valence-corrected chi connectivity index (χ3v) is 4.38. The van der Waals surface area contributed by atoms with E-state index < -0.39 is 0 Å². The van der Waals surface area contributed by atoms with Crippen LogP contribution in [0.4, 0.5) is 5.82 Å². The summed E-state index contributed by atoms with van der Waals surface area (Å²) in [4.78, 5) is 11.2. The van der Waals surface area contributed by atoms with Gasteiger partial charge in [-0.25, -0.2) is 9.97 Å². The highest BCUT2D eigenvalue weighted by Crippen LogP contribution is 2.24. The summed E-state index contributed by atoms with van der Waals surface area (Å²) in [6.07, 6.45) is 5.06. The van der Waals surface area contributed by atoms with E-state index in [1.165, 1.54) is 0 Å². The van der Waals surface area contributed by atoms with Gasteiger partial charge in [-0.15, -0.1) is 0 Å². The zero-order valence-corrected chi connectivity index (χ0v) is 13.3. The molecule has 7 nitrogen and oxygen atoms in total. The van der Waals surface area contributed by atoms with E-state index in [4.69, 9.17) is 5.10 Å². The van der Waals surface area contributed by atoms with Crippen molar-refractivity contribution in [2.45, 2.75) is 25.9 Å². The van der Waals surface area contributed by atoms with Crippen molar-refractivity contribution >= 4 is 11.5 Å². The molecule has 7 heteroatoms. The van der Waals surface area contributed by atoms with Crippen LogP contribution >= 0.6 is 0 Å². The summed E-state index contributed by atoms with van der Waals surface area (Å²) in [6, 6.07) is 4.03. The average molecular weight is 312 g/mol. The highest BCUT2D eigenvalue weighted by molar-refractivity contribution is 5.61. The molecule has 0 saturated carbocycles. The topological polar surface area (TPSA) is 71.5 Å². The van der Waals surface area contributed by atoms with Gasteiger partial charge in [0.2, 0.25) is 0 Å². The number of nitrogens with zero attached hydrogens (tertiary/aromatic N) is 6. The van der Waals surface area contributed by atoms with Gasteiger partial charge in [-0.1, -0.05) is 0 Å². The van der Waals surface area contributed by atoms with Crippen LogP contribution in [0.15, 0.2) is 24.5 Å². The molecule has 0 atom stereocenters. The summed E-state index contributed by atoms with van der Waals surface area (Å²) in [7, 11) is 1.96. The van der Waals surface area contributed by atoms with Crippen molar-refractivity contribution in [3.8, 4) is 11.5 Å². The Morgan fingerprint density at radius 2 is 2.00 bits per heavy atom. The van der Waals surface area contributed by atoms with E-state index in [1.807, 2.05) is 35.3 Å². The number of hydrogen-bond donors (Lipinski definition) is 1. The third kappa shape index (κ3) is 2.46. The van der Waals surface area contributed by atoms with Gasteiger partial charge >= 0.3 is 0 Å². The molecular formula is C16H20N6O. The minimum atomic E-state index is -0.189. The van der Waals surface area contributed by atoms with Crippen molar-refractivity contribution in [1.82, 2.24) is 24.1 Å². The zero-order chi connectivity index (χ0) is 16.0. The molecule has 0 spiro atoms. The Morgan fingerprint density at radius 1 is 1.22 bits per heavy atom. The van der Waals surface area contributed by atoms with E-state index in [2.05, 4.69) is 20.9 Å². The first-order valence-electron chi connectivity index (χ1n) is 7.90. The third-order valence-electron chi connectivity index (χ3n) is 4.38. The molecular weight excluding hydrogens is 292 g/mol. The van der Waals surface area contributed by atoms with Crippen LogP contribution in [0.25, 0.3) is 17.2 Å². The average Bonchev–Trinajstić information content (AvgIpc) is 3.12. The lowest BCUT2D eigenvalue weighted by Crippen LogP contribution is -2.37. The number of anilines is 1. The standard InChI is InChI=1S/C16H20N6O/c1-11-9-15(21-6-3-12(23)4-7-21)22-14(18-11)10-13(19-22)16-17-5-8-20(16)2/h5,8-10,12,23H,3-4,6-7H2,1-2H3. The summed E-state index contributed by atoms with van der Waals surface area (Å²) in [5.74, 6) is 1.85. The first-order chi connectivity index (χ1) is 11.1. The molecule has 3 aromatic rings. The monoisotopic (exact) mass is 312 g/mol. The van der Waals surface area contributed by atoms with E-state index >= 15 is 0 Å². The second-order valence-electron chi connectivity index (χ2n) is 6.14. The molecule has 1 aliphatic rings. The van der Waals surface area contributed by atoms with Crippen LogP contribution in [-0.2, 0) is 7.05 Å². The molecule has 0 amide bonds. The Morgan fingerprint density at radius 3 is 2.70 bits per heavy atom. The lowest BCUT2D eigenvalue weighted by atomic mass is 10.1. The first-order valence-corrected chi connectivity index (χ1v) is 7.90. The van der Waals surface area contributed by atoms with Gasteiger partial charge in [-0.2, -0.15) is 9.61 Å². The van der Waals surface area contributed by atoms with Gasteiger partial charge in [0.05, 0.1) is 6.10 Å². The van der Waals surface area contributed by atoms with Gasteiger partial charge in [0, 0.05) is 50.4 Å². The summed E-state index contributed by atoms with van der Waals surface area (Å²) in [5, 5.41) is 14.4. The normalized spacial score (nSPS) is 16.4. The summed E-state index contributed by atoms with van der Waals surface area (Å²) < 4.78 is 3.83. The molecule has 1 N–H and O–H groups in total. The molecule has 4 rings (SSSR count). The summed E-state index contributed by atoms with van der Waals surface area (Å²) in [6.45, 7) is 3.66. The predicted molar refractivity (Wildman–Crippen MR) is 87.4 cm³/mol. The van der Waals surface area contributed by atoms with E-state index in [-0.39, 0.29) is 6.10 Å². The lowest BCUT2D eigenvalue weighted by Gasteiger charge is -2.31. The molecule has 4 heterocycles. The minimum Gasteiger partial charge on any atom is -0.393 e. The van der Waals surface area contributed by atoms with Crippen molar-refractivity contribution in [1.29, 1.82) is 0 Å². The highest BCUT2D eigenvalue weighted by atomic mass is 16.3. The molecule has 1 aliphatic heterocycles. The predicted octanol–water partition coefficient (Wildman–Crippen LogP) is 1.40. The van der Waals surface area contributed by atoms with Gasteiger partial charge in [0.25, 0.3) is 0 Å². The maximum absolute atomic E-state index is 9.73. The number of rotatable bonds is 2. The first kappa shape index (κ1) is 14.2. The second-order valence-corrected chi connectivity index (χ2v) is 6.14. The number of hydrogen-bond acceptors (Lipinski definition) is 5. The van der Waals surface area contributed by atoms with Crippen LogP contribution in [0, 0.1) is 6.92 Å². The molecule has 1 fully saturated rings. The van der Waals surface area contributed by atoms with Crippen LogP contribution in [0.5, 0.6) is 0 Å². The molecule has 0 aliphatic carbocycles. The molecule has 0 bridgehead atoms. The largest absolute Gasteiger partial charge is 0.393 e. The van der Waals surface area contributed by atoms with Crippen LogP contribution < -0.4 is 4.90 Å². The highest BCUT2D eigenvalue weighted by Gasteiger charge is 2.21. The van der Waals surface area contributed by atoms with Crippen molar-refractivity contribution in [2.24, 2.45) is 7.05 Å². The fourth-order valence-corrected chi connectivity index (χ4v) is 3.12. The van der Waals surface area contributed by atoms with E-state index in [0.717, 1.165) is 54.6 Å². The smallest absolute Gasteiger partial charge is 0.160 e. The maximum Gasteiger partial charge on any atom is 0.160 e. The molecule has 0 radical (unpaired) electrons. The van der Waals surface area contributed by atoms with Crippen molar-refractivity contribution in [3.05, 3.63) is 30.2 Å². The Hall–Kier alpha value is -2.41. The number of aliphatic hydroxyl groups excluding tert-OH is 1. The van der Waals surface area contributed by atoms with Crippen LogP contribution in [0.1, 0.15) is 18.5 Å². The van der Waals surface area contributed by atoms with Crippen molar-refractivity contribution in [3.63, 3.8) is 0 Å². The zero-order valence-electron chi connectivity index (χ0n) is 13.3. The van der Waals surface area contributed by atoms with Crippen LogP contribution in [0.2, 0.25) is 0 Å². The Labute approximate surface area is 134 Å².